The molecule has 8 nitrogen and oxygen atoms in total. The molecule has 0 amide bonds. The summed E-state index contributed by atoms with van der Waals surface area (Å²) < 4.78 is 36.0. The molecule has 130 valence electrons. The van der Waals surface area contributed by atoms with Crippen molar-refractivity contribution >= 4 is 10.0 Å². The first-order valence-electron chi connectivity index (χ1n) is 7.19. The molecule has 0 spiro atoms. The average molecular weight is 361 g/mol. The van der Waals surface area contributed by atoms with Gasteiger partial charge in [0.05, 0.1) is 12.0 Å². The topological polar surface area (TPSA) is 115 Å². The van der Waals surface area contributed by atoms with Gasteiger partial charge in [-0.3, -0.25) is 0 Å². The van der Waals surface area contributed by atoms with Gasteiger partial charge < -0.3 is 14.4 Å². The number of nitrogens with one attached hydrogen (secondary N) is 1. The normalized spacial score (nSPS) is 11.4. The molecule has 3 rings (SSSR count). The Morgan fingerprint density at radius 3 is 2.44 bits per heavy atom. The lowest BCUT2D eigenvalue weighted by Crippen LogP contribution is -2.18. The zero-order chi connectivity index (χ0) is 18.0. The first kappa shape index (κ1) is 16.9. The van der Waals surface area contributed by atoms with Gasteiger partial charge in [0, 0.05) is 11.1 Å². The maximum absolute atomic E-state index is 11.7. The summed E-state index contributed by atoms with van der Waals surface area (Å²) in [7, 11) is -0.707. The number of hydrogen-bond donors (Lipinski definition) is 2. The molecule has 25 heavy (non-hydrogen) atoms. The van der Waals surface area contributed by atoms with E-state index in [1.54, 1.807) is 24.3 Å². The number of benzene rings is 2. The van der Waals surface area contributed by atoms with Gasteiger partial charge in [-0.25, -0.2) is 13.1 Å². The highest BCUT2D eigenvalue weighted by atomic mass is 32.2. The largest absolute Gasteiger partial charge is 0.504 e. The summed E-state index contributed by atoms with van der Waals surface area (Å²) in [4.78, 5) is 4.43. The molecule has 0 bridgehead atoms. The van der Waals surface area contributed by atoms with Gasteiger partial charge in [-0.1, -0.05) is 5.16 Å². The van der Waals surface area contributed by atoms with Crippen LogP contribution >= 0.6 is 0 Å². The van der Waals surface area contributed by atoms with Crippen molar-refractivity contribution in [1.29, 1.82) is 0 Å². The van der Waals surface area contributed by atoms with E-state index in [2.05, 4.69) is 14.9 Å². The number of hydrogen-bond acceptors (Lipinski definition) is 7. The van der Waals surface area contributed by atoms with Crippen LogP contribution in [0.1, 0.15) is 0 Å². The summed E-state index contributed by atoms with van der Waals surface area (Å²) in [6.45, 7) is 0. The predicted octanol–water partition coefficient (Wildman–Crippen LogP) is 2.03. The number of ether oxygens (including phenoxy) is 1. The Hall–Kier alpha value is -2.91. The molecule has 2 N–H and O–H groups in total. The molecule has 0 radical (unpaired) electrons. The fraction of sp³-hybridized carbons (Fsp3) is 0.125. The molecular weight excluding hydrogens is 346 g/mol. The van der Waals surface area contributed by atoms with E-state index in [0.717, 1.165) is 0 Å². The second-order valence-electron chi connectivity index (χ2n) is 5.04. The van der Waals surface area contributed by atoms with E-state index in [-0.39, 0.29) is 16.5 Å². The Bertz CT molecular complexity index is 997. The second-order valence-corrected chi connectivity index (χ2v) is 6.93. The van der Waals surface area contributed by atoms with E-state index in [9.17, 15) is 13.5 Å². The third-order valence-corrected chi connectivity index (χ3v) is 4.97. The van der Waals surface area contributed by atoms with Crippen LogP contribution in [0.4, 0.5) is 0 Å². The molecule has 0 unspecified atom stereocenters. The van der Waals surface area contributed by atoms with Crippen LogP contribution in [-0.4, -0.2) is 37.8 Å². The van der Waals surface area contributed by atoms with Crippen LogP contribution in [0.2, 0.25) is 0 Å². The number of phenolic OH excluding ortho intramolecular Hbond substituents is 1. The van der Waals surface area contributed by atoms with Crippen LogP contribution < -0.4 is 9.46 Å². The molecule has 0 saturated heterocycles. The molecule has 0 fully saturated rings. The molecule has 1 heterocycles. The van der Waals surface area contributed by atoms with Gasteiger partial charge in [-0.05, 0) is 49.5 Å². The minimum absolute atomic E-state index is 0.00678. The van der Waals surface area contributed by atoms with Gasteiger partial charge in [0.1, 0.15) is 0 Å². The summed E-state index contributed by atoms with van der Waals surface area (Å²) in [6, 6.07) is 10.8. The van der Waals surface area contributed by atoms with Crippen molar-refractivity contribution in [3.05, 3.63) is 42.5 Å². The van der Waals surface area contributed by atoms with Gasteiger partial charge in [-0.15, -0.1) is 0 Å². The molecule has 0 aliphatic heterocycles. The smallest absolute Gasteiger partial charge is 0.258 e. The van der Waals surface area contributed by atoms with E-state index >= 15 is 0 Å². The Balaban J connectivity index is 1.91. The van der Waals surface area contributed by atoms with Crippen molar-refractivity contribution in [2.45, 2.75) is 4.90 Å². The molecular formula is C16H15N3O5S. The van der Waals surface area contributed by atoms with E-state index < -0.39 is 10.0 Å². The SMILES string of the molecule is CNS(=O)(=O)c1ccc(-c2noc(-c3ccc(O)c(OC)c3)n2)cc1. The van der Waals surface area contributed by atoms with Crippen LogP contribution in [-0.2, 0) is 10.0 Å². The van der Waals surface area contributed by atoms with Crippen LogP contribution in [0.5, 0.6) is 11.5 Å². The number of aromatic hydroxyl groups is 1. The van der Waals surface area contributed by atoms with Crippen molar-refractivity contribution in [3.8, 4) is 34.3 Å². The summed E-state index contributed by atoms with van der Waals surface area (Å²) in [5, 5.41) is 13.5. The zero-order valence-electron chi connectivity index (χ0n) is 13.4. The Morgan fingerprint density at radius 1 is 1.12 bits per heavy atom. The van der Waals surface area contributed by atoms with Gasteiger partial charge in [0.2, 0.25) is 15.8 Å². The third-order valence-electron chi connectivity index (χ3n) is 3.54. The highest BCUT2D eigenvalue weighted by Crippen LogP contribution is 2.31. The van der Waals surface area contributed by atoms with Crippen molar-refractivity contribution in [2.24, 2.45) is 0 Å². The molecule has 0 aliphatic carbocycles. The van der Waals surface area contributed by atoms with Crippen LogP contribution in [0.3, 0.4) is 0 Å². The number of sulfonamides is 1. The van der Waals surface area contributed by atoms with Crippen molar-refractivity contribution in [2.75, 3.05) is 14.2 Å². The molecule has 9 heteroatoms. The molecule has 0 aliphatic rings. The lowest BCUT2D eigenvalue weighted by Gasteiger charge is -2.03. The van der Waals surface area contributed by atoms with Crippen LogP contribution in [0.15, 0.2) is 51.9 Å². The summed E-state index contributed by atoms with van der Waals surface area (Å²) in [5.41, 5.74) is 1.19. The van der Waals surface area contributed by atoms with Gasteiger partial charge in [-0.2, -0.15) is 4.98 Å². The third kappa shape index (κ3) is 3.32. The first-order valence-corrected chi connectivity index (χ1v) is 8.68. The van der Waals surface area contributed by atoms with Gasteiger partial charge in [0.25, 0.3) is 5.89 Å². The van der Waals surface area contributed by atoms with Crippen molar-refractivity contribution in [3.63, 3.8) is 0 Å². The lowest BCUT2D eigenvalue weighted by molar-refractivity contribution is 0.373. The molecule has 0 saturated carbocycles. The van der Waals surface area contributed by atoms with E-state index in [1.807, 2.05) is 0 Å². The fourth-order valence-corrected chi connectivity index (χ4v) is 2.90. The minimum atomic E-state index is -3.50. The Labute approximate surface area is 144 Å². The quantitative estimate of drug-likeness (QED) is 0.714. The predicted molar refractivity (Wildman–Crippen MR) is 89.6 cm³/mol. The molecule has 1 aromatic heterocycles. The van der Waals surface area contributed by atoms with Crippen LogP contribution in [0.25, 0.3) is 22.8 Å². The van der Waals surface area contributed by atoms with Crippen LogP contribution in [0, 0.1) is 0 Å². The highest BCUT2D eigenvalue weighted by molar-refractivity contribution is 7.89. The number of aromatic nitrogens is 2. The Morgan fingerprint density at radius 2 is 1.80 bits per heavy atom. The summed E-state index contributed by atoms with van der Waals surface area (Å²) in [5.74, 6) is 0.863. The summed E-state index contributed by atoms with van der Waals surface area (Å²) in [6.07, 6.45) is 0. The highest BCUT2D eigenvalue weighted by Gasteiger charge is 2.15. The number of phenols is 1. The maximum Gasteiger partial charge on any atom is 0.258 e. The maximum atomic E-state index is 11.7. The van der Waals surface area contributed by atoms with E-state index in [1.165, 1.54) is 32.4 Å². The second kappa shape index (κ2) is 6.54. The molecule has 0 atom stereocenters. The van der Waals surface area contributed by atoms with E-state index in [4.69, 9.17) is 9.26 Å². The monoisotopic (exact) mass is 361 g/mol. The number of nitrogens with zero attached hydrogens (tertiary/aromatic N) is 2. The first-order chi connectivity index (χ1) is 11.9. The van der Waals surface area contributed by atoms with Crippen molar-refractivity contribution < 1.29 is 22.8 Å². The van der Waals surface area contributed by atoms with Crippen molar-refractivity contribution in [1.82, 2.24) is 14.9 Å². The standard InChI is InChI=1S/C16H15N3O5S/c1-17-25(21,22)12-6-3-10(4-7-12)15-18-16(24-19-15)11-5-8-13(20)14(9-11)23-2/h3-9,17,20H,1-2H3. The van der Waals surface area contributed by atoms with Gasteiger partial charge in [0.15, 0.2) is 11.5 Å². The number of rotatable bonds is 5. The Kier molecular flexibility index (Phi) is 4.43. The molecule has 3 aromatic rings. The average Bonchev–Trinajstić information content (AvgIpc) is 3.12. The zero-order valence-corrected chi connectivity index (χ0v) is 14.2. The lowest BCUT2D eigenvalue weighted by atomic mass is 10.2. The molecule has 2 aromatic carbocycles. The van der Waals surface area contributed by atoms with Gasteiger partial charge >= 0.3 is 0 Å². The van der Waals surface area contributed by atoms with E-state index in [0.29, 0.717) is 22.7 Å². The number of methoxy groups -OCH3 is 1. The summed E-state index contributed by atoms with van der Waals surface area (Å²) >= 11 is 0. The minimum Gasteiger partial charge on any atom is -0.504 e. The fourth-order valence-electron chi connectivity index (χ4n) is 2.17.